The number of furan rings is 2. The maximum absolute atomic E-state index is 6.95. The van der Waals surface area contributed by atoms with Crippen LogP contribution in [0.1, 0.15) is 22.3 Å². The van der Waals surface area contributed by atoms with E-state index in [1.165, 1.54) is 20.9 Å². The van der Waals surface area contributed by atoms with Crippen molar-refractivity contribution in [1.82, 2.24) is 0 Å². The molecule has 2 aliphatic heterocycles. The largest absolute Gasteiger partial charge is 0.457 e. The number of ether oxygens (including phenoxy) is 1. The van der Waals surface area contributed by atoms with Crippen molar-refractivity contribution in [3.8, 4) is 11.5 Å². The van der Waals surface area contributed by atoms with Crippen molar-refractivity contribution in [2.75, 3.05) is 4.90 Å². The maximum atomic E-state index is 6.95. The highest BCUT2D eigenvalue weighted by molar-refractivity contribution is 7.99. The molecular weight excluding hydrogens is 683 g/mol. The SMILES string of the molecule is c1ccc2c(c1)Oc1cc(N(c3ccc4c(c3)oc3ccccc34)c3ccc4c(c3)oc3ccccc34)ccc1C21c2ccccc2Sc2ccccc21. The summed E-state index contributed by atoms with van der Waals surface area (Å²) in [5.41, 5.74) is 10.5. The van der Waals surface area contributed by atoms with Crippen LogP contribution in [0.25, 0.3) is 43.9 Å². The third-order valence-corrected chi connectivity index (χ3v) is 12.3. The Kier molecular flexibility index (Phi) is 6.17. The van der Waals surface area contributed by atoms with E-state index < -0.39 is 5.41 Å². The number of nitrogens with zero attached hydrogens (tertiary/aromatic N) is 1. The van der Waals surface area contributed by atoms with Crippen molar-refractivity contribution in [2.24, 2.45) is 0 Å². The third kappa shape index (κ3) is 4.10. The first kappa shape index (κ1) is 29.8. The van der Waals surface area contributed by atoms with Crippen LogP contribution < -0.4 is 9.64 Å². The maximum Gasteiger partial charge on any atom is 0.137 e. The molecule has 2 aromatic heterocycles. The van der Waals surface area contributed by atoms with Gasteiger partial charge >= 0.3 is 0 Å². The van der Waals surface area contributed by atoms with E-state index in [-0.39, 0.29) is 0 Å². The van der Waals surface area contributed by atoms with Crippen molar-refractivity contribution >= 4 is 72.7 Å². The van der Waals surface area contributed by atoms with Crippen LogP contribution in [0.3, 0.4) is 0 Å². The van der Waals surface area contributed by atoms with E-state index in [0.29, 0.717) is 0 Å². The van der Waals surface area contributed by atoms with Gasteiger partial charge in [-0.25, -0.2) is 0 Å². The van der Waals surface area contributed by atoms with Gasteiger partial charge in [0.05, 0.1) is 5.41 Å². The number of hydrogen-bond donors (Lipinski definition) is 0. The van der Waals surface area contributed by atoms with E-state index in [2.05, 4.69) is 157 Å². The van der Waals surface area contributed by atoms with Crippen LogP contribution >= 0.6 is 11.8 Å². The fourth-order valence-electron chi connectivity index (χ4n) is 8.90. The molecule has 4 heterocycles. The van der Waals surface area contributed by atoms with Crippen molar-refractivity contribution in [3.63, 3.8) is 0 Å². The van der Waals surface area contributed by atoms with E-state index in [1.807, 2.05) is 36.0 Å². The highest BCUT2D eigenvalue weighted by Gasteiger charge is 2.49. The van der Waals surface area contributed by atoms with Crippen LogP contribution in [0.2, 0.25) is 0 Å². The topological polar surface area (TPSA) is 38.8 Å². The van der Waals surface area contributed by atoms with E-state index in [0.717, 1.165) is 83.6 Å². The molecule has 5 heteroatoms. The molecule has 0 saturated heterocycles. The predicted octanol–water partition coefficient (Wildman–Crippen LogP) is 13.9. The molecular formula is C49H29NO3S. The summed E-state index contributed by atoms with van der Waals surface area (Å²) in [6.07, 6.45) is 0. The monoisotopic (exact) mass is 711 g/mol. The van der Waals surface area contributed by atoms with Crippen molar-refractivity contribution in [2.45, 2.75) is 15.2 Å². The molecule has 54 heavy (non-hydrogen) atoms. The normalized spacial score (nSPS) is 13.8. The van der Waals surface area contributed by atoms with Gasteiger partial charge in [-0.1, -0.05) is 109 Å². The highest BCUT2D eigenvalue weighted by atomic mass is 32.2. The number of fused-ring (bicyclic) bond motifs is 14. The van der Waals surface area contributed by atoms with E-state index in [9.17, 15) is 0 Å². The highest BCUT2D eigenvalue weighted by Crippen LogP contribution is 2.62. The molecule has 2 aliphatic rings. The minimum atomic E-state index is -0.563. The van der Waals surface area contributed by atoms with Crippen LogP contribution in [0.5, 0.6) is 11.5 Å². The molecule has 0 N–H and O–H groups in total. The zero-order chi connectivity index (χ0) is 35.4. The van der Waals surface area contributed by atoms with Crippen molar-refractivity contribution in [1.29, 1.82) is 0 Å². The Bertz CT molecular complexity index is 2980. The molecule has 0 radical (unpaired) electrons. The number of rotatable bonds is 3. The second kappa shape index (κ2) is 11.2. The molecule has 254 valence electrons. The van der Waals surface area contributed by atoms with Crippen LogP contribution in [0.4, 0.5) is 17.1 Å². The standard InChI is InChI=1S/C49H29NO3S/c1-6-16-41-33(11-1)35-24-21-30(27-44(35)51-41)50(31-22-25-36-34-12-2-7-17-42(34)52-45(36)28-31)32-23-26-38-46(29-32)53-43-18-8-3-13-37(43)49(38)39-14-4-9-19-47(39)54-48-20-10-5-15-40(48)49/h1-29H. The molecule has 4 nitrogen and oxygen atoms in total. The zero-order valence-corrected chi connectivity index (χ0v) is 29.6. The minimum Gasteiger partial charge on any atom is -0.457 e. The number of para-hydroxylation sites is 3. The summed E-state index contributed by atoms with van der Waals surface area (Å²) in [6.45, 7) is 0. The molecule has 0 fully saturated rings. The smallest absolute Gasteiger partial charge is 0.137 e. The Labute approximate surface area is 314 Å². The molecule has 8 aromatic carbocycles. The number of benzene rings is 8. The minimum absolute atomic E-state index is 0.563. The lowest BCUT2D eigenvalue weighted by Gasteiger charge is -2.45. The molecule has 0 aliphatic carbocycles. The lowest BCUT2D eigenvalue weighted by Crippen LogP contribution is -2.36. The first-order chi connectivity index (χ1) is 26.7. The second-order valence-electron chi connectivity index (χ2n) is 14.0. The molecule has 12 rings (SSSR count). The van der Waals surface area contributed by atoms with Gasteiger partial charge in [-0.05, 0) is 71.8 Å². The Hall–Kier alpha value is -6.69. The van der Waals surface area contributed by atoms with E-state index >= 15 is 0 Å². The zero-order valence-electron chi connectivity index (χ0n) is 28.8. The average molecular weight is 712 g/mol. The Morgan fingerprint density at radius 2 is 0.833 bits per heavy atom. The number of anilines is 3. The summed E-state index contributed by atoms with van der Waals surface area (Å²) in [7, 11) is 0. The summed E-state index contributed by atoms with van der Waals surface area (Å²) in [4.78, 5) is 4.78. The summed E-state index contributed by atoms with van der Waals surface area (Å²) in [5.74, 6) is 1.68. The molecule has 0 bridgehead atoms. The van der Waals surface area contributed by atoms with Crippen LogP contribution in [0.15, 0.2) is 195 Å². The lowest BCUT2D eigenvalue weighted by molar-refractivity contribution is 0.431. The summed E-state index contributed by atoms with van der Waals surface area (Å²) in [6, 6.07) is 62.3. The van der Waals surface area contributed by atoms with Gasteiger partial charge in [0.25, 0.3) is 0 Å². The Morgan fingerprint density at radius 1 is 0.370 bits per heavy atom. The third-order valence-electron chi connectivity index (χ3n) is 11.2. The molecule has 0 amide bonds. The van der Waals surface area contributed by atoms with Crippen LogP contribution in [0, 0.1) is 0 Å². The van der Waals surface area contributed by atoms with Gasteiger partial charge in [0, 0.05) is 77.7 Å². The number of hydrogen-bond acceptors (Lipinski definition) is 5. The quantitative estimate of drug-likeness (QED) is 0.182. The Balaban J connectivity index is 1.11. The van der Waals surface area contributed by atoms with Gasteiger partial charge in [0.15, 0.2) is 0 Å². The van der Waals surface area contributed by atoms with Crippen LogP contribution in [-0.2, 0) is 5.41 Å². The predicted molar refractivity (Wildman–Crippen MR) is 218 cm³/mol. The van der Waals surface area contributed by atoms with Gasteiger partial charge in [-0.2, -0.15) is 0 Å². The Morgan fingerprint density at radius 3 is 1.46 bits per heavy atom. The fraction of sp³-hybridized carbons (Fsp3) is 0.0204. The van der Waals surface area contributed by atoms with Gasteiger partial charge in [-0.15, -0.1) is 0 Å². The molecule has 0 saturated carbocycles. The fourth-order valence-corrected chi connectivity index (χ4v) is 10.1. The van der Waals surface area contributed by atoms with Crippen molar-refractivity contribution < 1.29 is 13.6 Å². The molecule has 0 unspecified atom stereocenters. The molecule has 10 aromatic rings. The first-order valence-corrected chi connectivity index (χ1v) is 19.0. The van der Waals surface area contributed by atoms with E-state index in [1.54, 1.807) is 0 Å². The second-order valence-corrected chi connectivity index (χ2v) is 15.1. The first-order valence-electron chi connectivity index (χ1n) is 18.2. The molecule has 0 atom stereocenters. The summed E-state index contributed by atoms with van der Waals surface area (Å²) >= 11 is 1.84. The van der Waals surface area contributed by atoms with Gasteiger partial charge in [0.1, 0.15) is 33.8 Å². The van der Waals surface area contributed by atoms with Crippen LogP contribution in [-0.4, -0.2) is 0 Å². The van der Waals surface area contributed by atoms with Gasteiger partial charge in [-0.3, -0.25) is 0 Å². The summed E-state index contributed by atoms with van der Waals surface area (Å²) in [5, 5.41) is 4.38. The molecule has 1 spiro atoms. The van der Waals surface area contributed by atoms with E-state index in [4.69, 9.17) is 13.6 Å². The summed E-state index contributed by atoms with van der Waals surface area (Å²) < 4.78 is 19.8. The van der Waals surface area contributed by atoms with Gasteiger partial charge in [0.2, 0.25) is 0 Å². The van der Waals surface area contributed by atoms with Crippen molar-refractivity contribution in [3.05, 3.63) is 198 Å². The average Bonchev–Trinajstić information content (AvgIpc) is 3.78. The lowest BCUT2D eigenvalue weighted by atomic mass is 9.63. The van der Waals surface area contributed by atoms with Gasteiger partial charge < -0.3 is 18.5 Å².